The molecular weight excluding hydrogens is 731 g/mol. The summed E-state index contributed by atoms with van der Waals surface area (Å²) in [5.41, 5.74) is 6.23. The summed E-state index contributed by atoms with van der Waals surface area (Å²) in [5.74, 6) is 2.16. The maximum absolute atomic E-state index is 12.3. The largest absolute Gasteiger partial charge is 0.465 e. The number of hydrogen-bond donors (Lipinski definition) is 4. The third-order valence-electron chi connectivity index (χ3n) is 10.3. The number of aromatic amines is 2. The van der Waals surface area contributed by atoms with Crippen LogP contribution in [-0.4, -0.2) is 94.2 Å². The zero-order valence-electron chi connectivity index (χ0n) is 32.8. The number of carbonyl (C=O) groups is 2. The van der Waals surface area contributed by atoms with Gasteiger partial charge < -0.3 is 35.0 Å². The first-order valence-corrected chi connectivity index (χ1v) is 19.4. The summed E-state index contributed by atoms with van der Waals surface area (Å²) in [5, 5.41) is 10.9. The highest BCUT2D eigenvalue weighted by molar-refractivity contribution is 6.13. The van der Waals surface area contributed by atoms with Crippen LogP contribution in [0.15, 0.2) is 97.1 Å². The summed E-state index contributed by atoms with van der Waals surface area (Å²) in [6.07, 6.45) is 2.99. The van der Waals surface area contributed by atoms with E-state index >= 15 is 0 Å². The number of ether oxygens (including phenoxy) is 2. The number of carbonyl (C=O) groups excluding carboxylic acids is 2. The van der Waals surface area contributed by atoms with Crippen molar-refractivity contribution in [1.29, 1.82) is 0 Å². The Morgan fingerprint density at radius 3 is 1.45 bits per heavy atom. The van der Waals surface area contributed by atoms with E-state index in [4.69, 9.17) is 29.4 Å². The lowest BCUT2D eigenvalue weighted by atomic mass is 10.1. The van der Waals surface area contributed by atoms with Gasteiger partial charge in [0.1, 0.15) is 34.6 Å². The van der Waals surface area contributed by atoms with Gasteiger partial charge in [0, 0.05) is 47.7 Å². The van der Waals surface area contributed by atoms with Crippen LogP contribution in [0.3, 0.4) is 0 Å². The Morgan fingerprint density at radius 2 is 1.03 bits per heavy atom. The molecule has 0 saturated heterocycles. The Bertz CT molecular complexity index is 2540. The third-order valence-corrected chi connectivity index (χ3v) is 10.3. The van der Waals surface area contributed by atoms with Gasteiger partial charge in [0.15, 0.2) is 0 Å². The number of nitrogens with zero attached hydrogens (tertiary/aromatic N) is 5. The highest BCUT2D eigenvalue weighted by Gasteiger charge is 2.18. The molecule has 0 saturated carbocycles. The number of anilines is 2. The van der Waals surface area contributed by atoms with Crippen LogP contribution in [0, 0.1) is 0 Å². The number of hydrogen-bond acceptors (Lipinski definition) is 11. The molecule has 0 radical (unpaired) electrons. The van der Waals surface area contributed by atoms with E-state index in [0.29, 0.717) is 48.7 Å². The predicted octanol–water partition coefficient (Wildman–Crippen LogP) is 7.53. The number of methoxy groups -OCH3 is 2. The molecule has 0 unspecified atom stereocenters. The molecule has 4 aromatic carbocycles. The normalized spacial score (nSPS) is 11.5. The zero-order chi connectivity index (χ0) is 40.0. The summed E-state index contributed by atoms with van der Waals surface area (Å²) in [6.45, 7) is 3.21. The molecule has 13 heteroatoms. The standard InChI is InChI=1S/C45H45N9O4/c1-54(22-10-20-46-40-38-32-18-16-30(44(55)57-2)26-34(32)48-42(38)52-36(50-40)24-28-12-6-4-7-13-28)23-11-21-47-41-39-33-19-17-31(45(56)58-3)27-35(33)49-43(39)53-37(51-41)25-29-14-8-5-9-15-29/h4-9,12-19,26-27H,10-11,20-25H2,1-3H3,(H2,46,48,50,52)(H2,47,49,51,53). The van der Waals surface area contributed by atoms with Crippen molar-refractivity contribution in [3.63, 3.8) is 0 Å². The molecule has 0 aliphatic carbocycles. The van der Waals surface area contributed by atoms with Crippen molar-refractivity contribution in [3.05, 3.63) is 131 Å². The Labute approximate surface area is 335 Å². The van der Waals surface area contributed by atoms with Crippen molar-refractivity contribution in [1.82, 2.24) is 34.8 Å². The van der Waals surface area contributed by atoms with E-state index in [9.17, 15) is 9.59 Å². The molecule has 4 heterocycles. The highest BCUT2D eigenvalue weighted by atomic mass is 16.5. The summed E-state index contributed by atoms with van der Waals surface area (Å²) in [4.78, 5) is 53.4. The van der Waals surface area contributed by atoms with Crippen LogP contribution in [0.4, 0.5) is 11.6 Å². The monoisotopic (exact) mass is 775 g/mol. The number of esters is 2. The Morgan fingerprint density at radius 1 is 0.603 bits per heavy atom. The Balaban J connectivity index is 0.922. The number of nitrogens with one attached hydrogen (secondary N) is 4. The van der Waals surface area contributed by atoms with Crippen molar-refractivity contribution in [2.45, 2.75) is 25.7 Å². The number of benzene rings is 4. The third kappa shape index (κ3) is 8.30. The highest BCUT2D eigenvalue weighted by Crippen LogP contribution is 2.32. The fourth-order valence-electron chi connectivity index (χ4n) is 7.38. The van der Waals surface area contributed by atoms with Crippen molar-refractivity contribution in [3.8, 4) is 0 Å². The van der Waals surface area contributed by atoms with Crippen LogP contribution in [-0.2, 0) is 22.3 Å². The van der Waals surface area contributed by atoms with Gasteiger partial charge in [-0.3, -0.25) is 0 Å². The Hall–Kier alpha value is -6.86. The number of aromatic nitrogens is 6. The van der Waals surface area contributed by atoms with Crippen molar-refractivity contribution < 1.29 is 19.1 Å². The molecule has 58 heavy (non-hydrogen) atoms. The molecular formula is C45H45N9O4. The molecule has 0 bridgehead atoms. The van der Waals surface area contributed by atoms with Gasteiger partial charge in [0.05, 0.1) is 36.1 Å². The lowest BCUT2D eigenvalue weighted by Gasteiger charge is -2.17. The predicted molar refractivity (Wildman–Crippen MR) is 228 cm³/mol. The van der Waals surface area contributed by atoms with Gasteiger partial charge in [-0.15, -0.1) is 0 Å². The lowest BCUT2D eigenvalue weighted by Crippen LogP contribution is -2.24. The number of H-pyrrole nitrogens is 2. The van der Waals surface area contributed by atoms with Crippen LogP contribution in [0.25, 0.3) is 43.9 Å². The summed E-state index contributed by atoms with van der Waals surface area (Å²) >= 11 is 0. The second-order valence-corrected chi connectivity index (χ2v) is 14.4. The first kappa shape index (κ1) is 38.0. The molecule has 0 fully saturated rings. The van der Waals surface area contributed by atoms with Crippen molar-refractivity contribution in [2.24, 2.45) is 0 Å². The summed E-state index contributed by atoms with van der Waals surface area (Å²) < 4.78 is 9.89. The van der Waals surface area contributed by atoms with Crippen LogP contribution in [0.2, 0.25) is 0 Å². The second-order valence-electron chi connectivity index (χ2n) is 14.4. The minimum Gasteiger partial charge on any atom is -0.465 e. The Kier molecular flexibility index (Phi) is 11.2. The van der Waals surface area contributed by atoms with Crippen LogP contribution < -0.4 is 10.6 Å². The van der Waals surface area contributed by atoms with Gasteiger partial charge in [-0.25, -0.2) is 29.5 Å². The number of fused-ring (bicyclic) bond motifs is 6. The lowest BCUT2D eigenvalue weighted by molar-refractivity contribution is 0.0592. The van der Waals surface area contributed by atoms with E-state index in [1.54, 1.807) is 24.3 Å². The van der Waals surface area contributed by atoms with E-state index < -0.39 is 0 Å². The average molecular weight is 776 g/mol. The van der Waals surface area contributed by atoms with E-state index in [2.05, 4.69) is 56.8 Å². The minimum atomic E-state index is -0.389. The topological polar surface area (TPSA) is 163 Å². The maximum atomic E-state index is 12.3. The second kappa shape index (κ2) is 17.1. The molecule has 0 atom stereocenters. The van der Waals surface area contributed by atoms with Gasteiger partial charge in [-0.1, -0.05) is 72.8 Å². The van der Waals surface area contributed by atoms with Crippen LogP contribution >= 0.6 is 0 Å². The van der Waals surface area contributed by atoms with Crippen molar-refractivity contribution in [2.75, 3.05) is 58.1 Å². The molecule has 294 valence electrons. The average Bonchev–Trinajstić information content (AvgIpc) is 3.81. The van der Waals surface area contributed by atoms with Gasteiger partial charge in [0.2, 0.25) is 0 Å². The molecule has 0 aliphatic heterocycles. The SMILES string of the molecule is COC(=O)c1ccc2c(c1)[nH]c1nc(Cc3ccccc3)nc(NCCCN(C)CCCNc3nc(Cc4ccccc4)nc4[nH]c5cc(C(=O)OC)ccc5c34)c12. The van der Waals surface area contributed by atoms with Crippen molar-refractivity contribution >= 4 is 67.4 Å². The molecule has 4 aromatic heterocycles. The number of rotatable bonds is 16. The summed E-state index contributed by atoms with van der Waals surface area (Å²) in [6, 6.07) is 31.3. The van der Waals surface area contributed by atoms with Crippen LogP contribution in [0.5, 0.6) is 0 Å². The fourth-order valence-corrected chi connectivity index (χ4v) is 7.38. The molecule has 4 N–H and O–H groups in total. The smallest absolute Gasteiger partial charge is 0.337 e. The fraction of sp³-hybridized carbons (Fsp3) is 0.244. The molecule has 0 amide bonds. The summed E-state index contributed by atoms with van der Waals surface area (Å²) in [7, 11) is 4.90. The van der Waals surface area contributed by atoms with E-state index in [1.165, 1.54) is 14.2 Å². The van der Waals surface area contributed by atoms with Gasteiger partial charge in [0.25, 0.3) is 0 Å². The quantitative estimate of drug-likeness (QED) is 0.0567. The van der Waals surface area contributed by atoms with E-state index in [1.807, 2.05) is 48.5 Å². The zero-order valence-corrected chi connectivity index (χ0v) is 32.8. The molecule has 0 aliphatic rings. The van der Waals surface area contributed by atoms with Crippen LogP contribution in [0.1, 0.15) is 56.3 Å². The van der Waals surface area contributed by atoms with E-state index in [-0.39, 0.29) is 11.9 Å². The first-order chi connectivity index (χ1) is 28.4. The van der Waals surface area contributed by atoms with E-state index in [0.717, 1.165) is 92.6 Å². The molecule has 0 spiro atoms. The molecule has 8 aromatic rings. The maximum Gasteiger partial charge on any atom is 0.337 e. The molecule has 8 rings (SSSR count). The molecule has 13 nitrogen and oxygen atoms in total. The van der Waals surface area contributed by atoms with Gasteiger partial charge in [-0.05, 0) is 68.4 Å². The minimum absolute atomic E-state index is 0.389. The first-order valence-electron chi connectivity index (χ1n) is 19.4. The van der Waals surface area contributed by atoms with Gasteiger partial charge >= 0.3 is 11.9 Å². The van der Waals surface area contributed by atoms with Gasteiger partial charge in [-0.2, -0.15) is 0 Å².